The van der Waals surface area contributed by atoms with E-state index in [0.29, 0.717) is 12.5 Å². The molecular weight excluding hydrogens is 282 g/mol. The molecule has 1 unspecified atom stereocenters. The van der Waals surface area contributed by atoms with E-state index in [1.807, 2.05) is 0 Å². The zero-order valence-electron chi connectivity index (χ0n) is 13.5. The Balaban J connectivity index is 1.89. The van der Waals surface area contributed by atoms with Crippen molar-refractivity contribution >= 4 is 22.3 Å². The number of hydrogen-bond acceptors (Lipinski definition) is 5. The van der Waals surface area contributed by atoms with Gasteiger partial charge in [-0.25, -0.2) is 4.98 Å². The van der Waals surface area contributed by atoms with Crippen LogP contribution >= 0.6 is 11.3 Å². The Labute approximate surface area is 131 Å². The third-order valence-electron chi connectivity index (χ3n) is 4.52. The van der Waals surface area contributed by atoms with Gasteiger partial charge < -0.3 is 9.80 Å². The maximum atomic E-state index is 12.3. The lowest BCUT2D eigenvalue weighted by molar-refractivity contribution is 0.0916. The van der Waals surface area contributed by atoms with Crippen LogP contribution in [-0.4, -0.2) is 48.4 Å². The largest absolute Gasteiger partial charge is 0.344 e. The van der Waals surface area contributed by atoms with Crippen molar-refractivity contribution in [3.05, 3.63) is 10.6 Å². The van der Waals surface area contributed by atoms with Crippen LogP contribution in [0.3, 0.4) is 0 Å². The zero-order valence-corrected chi connectivity index (χ0v) is 14.3. The summed E-state index contributed by atoms with van der Waals surface area (Å²) in [5.74, 6) is 0.282. The Kier molecular flexibility index (Phi) is 3.82. The Bertz CT molecular complexity index is 552. The van der Waals surface area contributed by atoms with Gasteiger partial charge in [0.1, 0.15) is 0 Å². The molecule has 1 aliphatic heterocycles. The third kappa shape index (κ3) is 2.99. The summed E-state index contributed by atoms with van der Waals surface area (Å²) in [5, 5.41) is 1.05. The highest BCUT2D eigenvalue weighted by Crippen LogP contribution is 2.39. The summed E-state index contributed by atoms with van der Waals surface area (Å²) in [6.07, 6.45) is 2.73. The second kappa shape index (κ2) is 5.36. The lowest BCUT2D eigenvalue weighted by Gasteiger charge is -2.27. The van der Waals surface area contributed by atoms with E-state index in [9.17, 15) is 4.79 Å². The lowest BCUT2D eigenvalue weighted by atomic mass is 9.78. The molecule has 0 N–H and O–H groups in total. The predicted molar refractivity (Wildman–Crippen MR) is 87.5 cm³/mol. The molecule has 2 aliphatic rings. The van der Waals surface area contributed by atoms with Crippen molar-refractivity contribution in [2.75, 3.05) is 31.6 Å². The molecule has 116 valence electrons. The second-order valence-corrected chi connectivity index (χ2v) is 8.35. The van der Waals surface area contributed by atoms with Crippen molar-refractivity contribution in [1.29, 1.82) is 0 Å². The Morgan fingerprint density at radius 1 is 1.29 bits per heavy atom. The molecule has 0 aromatic carbocycles. The first-order valence-electron chi connectivity index (χ1n) is 7.84. The fourth-order valence-electron chi connectivity index (χ4n) is 3.49. The Morgan fingerprint density at radius 3 is 2.81 bits per heavy atom. The van der Waals surface area contributed by atoms with Crippen LogP contribution in [0, 0.1) is 5.41 Å². The first-order chi connectivity index (χ1) is 9.85. The number of anilines is 1. The summed E-state index contributed by atoms with van der Waals surface area (Å²) >= 11 is 1.61. The summed E-state index contributed by atoms with van der Waals surface area (Å²) in [7, 11) is 2.18. The summed E-state index contributed by atoms with van der Waals surface area (Å²) < 4.78 is 0. The maximum absolute atomic E-state index is 12.3. The highest BCUT2D eigenvalue weighted by atomic mass is 32.1. The van der Waals surface area contributed by atoms with E-state index in [-0.39, 0.29) is 11.2 Å². The average Bonchev–Trinajstić information content (AvgIpc) is 2.68. The molecule has 1 aromatic rings. The summed E-state index contributed by atoms with van der Waals surface area (Å²) in [6.45, 7) is 9.82. The summed E-state index contributed by atoms with van der Waals surface area (Å²) in [5.41, 5.74) is 1.08. The first kappa shape index (κ1) is 15.0. The molecule has 5 heteroatoms. The van der Waals surface area contributed by atoms with Gasteiger partial charge in [0.2, 0.25) is 0 Å². The van der Waals surface area contributed by atoms with Gasteiger partial charge in [-0.1, -0.05) is 25.2 Å². The van der Waals surface area contributed by atoms with Gasteiger partial charge in [-0.3, -0.25) is 4.79 Å². The fraction of sp³-hybridized carbons (Fsp3) is 0.750. The number of nitrogens with zero attached hydrogens (tertiary/aromatic N) is 3. The minimum Gasteiger partial charge on any atom is -0.344 e. The van der Waals surface area contributed by atoms with Crippen molar-refractivity contribution in [1.82, 2.24) is 9.88 Å². The van der Waals surface area contributed by atoms with E-state index >= 15 is 0 Å². The number of carbonyl (C=O) groups is 1. The molecule has 0 radical (unpaired) electrons. The standard InChI is InChI=1S/C16H25N3OS/c1-11-10-18(4)6-5-7-19(11)15-17-12-8-16(2,3)9-13(20)14(12)21-15/h11H,5-10H2,1-4H3. The Morgan fingerprint density at radius 2 is 2.05 bits per heavy atom. The van der Waals surface area contributed by atoms with Gasteiger partial charge in [0.15, 0.2) is 10.9 Å². The molecule has 0 saturated carbocycles. The van der Waals surface area contributed by atoms with Crippen LogP contribution in [0.15, 0.2) is 0 Å². The van der Waals surface area contributed by atoms with Crippen LogP contribution in [0.1, 0.15) is 49.0 Å². The van der Waals surface area contributed by atoms with Gasteiger partial charge in [0.05, 0.1) is 10.6 Å². The minimum atomic E-state index is 0.0556. The molecule has 1 fully saturated rings. The van der Waals surface area contributed by atoms with Crippen molar-refractivity contribution in [3.8, 4) is 0 Å². The van der Waals surface area contributed by atoms with Crippen molar-refractivity contribution in [3.63, 3.8) is 0 Å². The number of rotatable bonds is 1. The van der Waals surface area contributed by atoms with Crippen LogP contribution < -0.4 is 4.90 Å². The number of aromatic nitrogens is 1. The minimum absolute atomic E-state index is 0.0556. The van der Waals surface area contributed by atoms with Crippen LogP contribution in [0.4, 0.5) is 5.13 Å². The summed E-state index contributed by atoms with van der Waals surface area (Å²) in [4.78, 5) is 22.9. The number of likely N-dealkylation sites (N-methyl/N-ethyl adjacent to an activating group) is 1. The number of Topliss-reactive ketones (excluding diaryl/α,β-unsaturated/α-hetero) is 1. The molecule has 2 heterocycles. The Hall–Kier alpha value is -0.940. The lowest BCUT2D eigenvalue weighted by Crippen LogP contribution is -2.37. The third-order valence-corrected chi connectivity index (χ3v) is 5.69. The zero-order chi connectivity index (χ0) is 15.2. The van der Waals surface area contributed by atoms with E-state index < -0.39 is 0 Å². The first-order valence-corrected chi connectivity index (χ1v) is 8.65. The number of ketones is 1. The molecule has 0 spiro atoms. The van der Waals surface area contributed by atoms with Gasteiger partial charge in [0, 0.05) is 25.6 Å². The van der Waals surface area contributed by atoms with Crippen molar-refractivity contribution < 1.29 is 4.79 Å². The molecule has 4 nitrogen and oxygen atoms in total. The average molecular weight is 307 g/mol. The molecule has 3 rings (SSSR count). The van der Waals surface area contributed by atoms with Gasteiger partial charge >= 0.3 is 0 Å². The van der Waals surface area contributed by atoms with E-state index in [2.05, 4.69) is 37.6 Å². The van der Waals surface area contributed by atoms with E-state index in [4.69, 9.17) is 4.98 Å². The quantitative estimate of drug-likeness (QED) is 0.799. The van der Waals surface area contributed by atoms with Gasteiger partial charge in [-0.15, -0.1) is 0 Å². The van der Waals surface area contributed by atoms with Gasteiger partial charge in [-0.2, -0.15) is 0 Å². The van der Waals surface area contributed by atoms with E-state index in [0.717, 1.165) is 48.2 Å². The van der Waals surface area contributed by atoms with Gasteiger partial charge in [0.25, 0.3) is 0 Å². The second-order valence-electron chi connectivity index (χ2n) is 7.37. The molecule has 21 heavy (non-hydrogen) atoms. The van der Waals surface area contributed by atoms with Crippen LogP contribution in [-0.2, 0) is 6.42 Å². The smallest absolute Gasteiger partial charge is 0.186 e. The van der Waals surface area contributed by atoms with Crippen molar-refractivity contribution in [2.45, 2.75) is 46.1 Å². The molecule has 1 aromatic heterocycles. The van der Waals surface area contributed by atoms with Crippen LogP contribution in [0.25, 0.3) is 0 Å². The molecular formula is C16H25N3OS. The number of hydrogen-bond donors (Lipinski definition) is 0. The number of fused-ring (bicyclic) bond motifs is 1. The van der Waals surface area contributed by atoms with Gasteiger partial charge in [-0.05, 0) is 38.8 Å². The summed E-state index contributed by atoms with van der Waals surface area (Å²) in [6, 6.07) is 0.452. The van der Waals surface area contributed by atoms with E-state index in [1.54, 1.807) is 11.3 Å². The molecule has 1 aliphatic carbocycles. The molecule has 0 amide bonds. The highest BCUT2D eigenvalue weighted by molar-refractivity contribution is 7.17. The molecule has 0 bridgehead atoms. The fourth-order valence-corrected chi connectivity index (χ4v) is 4.64. The maximum Gasteiger partial charge on any atom is 0.186 e. The topological polar surface area (TPSA) is 36.4 Å². The monoisotopic (exact) mass is 307 g/mol. The predicted octanol–water partition coefficient (Wildman–Crippen LogP) is 2.83. The van der Waals surface area contributed by atoms with Crippen LogP contribution in [0.2, 0.25) is 0 Å². The van der Waals surface area contributed by atoms with Crippen LogP contribution in [0.5, 0.6) is 0 Å². The van der Waals surface area contributed by atoms with Crippen molar-refractivity contribution in [2.24, 2.45) is 5.41 Å². The highest BCUT2D eigenvalue weighted by Gasteiger charge is 2.35. The molecule has 1 atom stereocenters. The molecule has 1 saturated heterocycles. The SMILES string of the molecule is CC1CN(C)CCCN1c1nc2c(s1)C(=O)CC(C)(C)C2. The number of carbonyl (C=O) groups excluding carboxylic acids is 1. The number of thiazole rings is 1. The normalized spacial score (nSPS) is 26.6. The van der Waals surface area contributed by atoms with E-state index in [1.165, 1.54) is 0 Å².